The standard InChI is InChI=1S/C19H29N3O3S/c1-3-16-6-4-5-7-18(16)26(23,24)22-14-19(15-22)12-17(13-25-19)21-10-8-20(2)9-11-21/h4-7,17H,3,8-15H2,1-2H3. The van der Waals surface area contributed by atoms with Crippen molar-refractivity contribution in [3.8, 4) is 0 Å². The first-order valence-corrected chi connectivity index (χ1v) is 11.0. The molecule has 26 heavy (non-hydrogen) atoms. The minimum absolute atomic E-state index is 0.276. The van der Waals surface area contributed by atoms with Crippen molar-refractivity contribution in [1.82, 2.24) is 14.1 Å². The van der Waals surface area contributed by atoms with Gasteiger partial charge < -0.3 is 9.64 Å². The Bertz CT molecular complexity index is 753. The number of nitrogens with zero attached hydrogens (tertiary/aromatic N) is 3. The summed E-state index contributed by atoms with van der Waals surface area (Å²) in [5.74, 6) is 0. The molecule has 6 nitrogen and oxygen atoms in total. The number of benzene rings is 1. The molecule has 1 atom stereocenters. The number of hydrogen-bond acceptors (Lipinski definition) is 5. The molecule has 3 aliphatic rings. The number of sulfonamides is 1. The molecule has 3 saturated heterocycles. The molecule has 0 amide bonds. The van der Waals surface area contributed by atoms with Gasteiger partial charge in [0.25, 0.3) is 0 Å². The predicted molar refractivity (Wildman–Crippen MR) is 101 cm³/mol. The van der Waals surface area contributed by atoms with E-state index in [1.807, 2.05) is 19.1 Å². The third kappa shape index (κ3) is 3.20. The van der Waals surface area contributed by atoms with Crippen molar-refractivity contribution in [1.29, 1.82) is 0 Å². The molecule has 3 aliphatic heterocycles. The fourth-order valence-electron chi connectivity index (χ4n) is 4.42. The van der Waals surface area contributed by atoms with E-state index in [-0.39, 0.29) is 5.60 Å². The highest BCUT2D eigenvalue weighted by Crippen LogP contribution is 2.40. The molecule has 0 N–H and O–H groups in total. The van der Waals surface area contributed by atoms with E-state index in [4.69, 9.17) is 4.74 Å². The molecule has 0 aliphatic carbocycles. The van der Waals surface area contributed by atoms with Gasteiger partial charge in [0, 0.05) is 45.3 Å². The molecule has 0 saturated carbocycles. The minimum Gasteiger partial charge on any atom is -0.371 e. The zero-order valence-corrected chi connectivity index (χ0v) is 16.5. The van der Waals surface area contributed by atoms with E-state index in [9.17, 15) is 8.42 Å². The summed E-state index contributed by atoms with van der Waals surface area (Å²) in [6, 6.07) is 7.75. The molecule has 3 heterocycles. The number of hydrogen-bond donors (Lipinski definition) is 0. The van der Waals surface area contributed by atoms with Gasteiger partial charge in [-0.15, -0.1) is 0 Å². The van der Waals surface area contributed by atoms with Crippen molar-refractivity contribution >= 4 is 10.0 Å². The maximum atomic E-state index is 13.0. The summed E-state index contributed by atoms with van der Waals surface area (Å²) >= 11 is 0. The Balaban J connectivity index is 1.40. The van der Waals surface area contributed by atoms with Crippen LogP contribution < -0.4 is 0 Å². The van der Waals surface area contributed by atoms with Crippen molar-refractivity contribution < 1.29 is 13.2 Å². The molecule has 0 aromatic heterocycles. The van der Waals surface area contributed by atoms with Crippen LogP contribution in [0.25, 0.3) is 0 Å². The third-order valence-corrected chi connectivity index (χ3v) is 8.04. The van der Waals surface area contributed by atoms with Crippen molar-refractivity contribution in [2.45, 2.75) is 36.3 Å². The molecule has 1 aromatic rings. The second kappa shape index (κ2) is 6.87. The van der Waals surface area contributed by atoms with Crippen LogP contribution in [0.4, 0.5) is 0 Å². The van der Waals surface area contributed by atoms with E-state index in [1.165, 1.54) is 0 Å². The summed E-state index contributed by atoms with van der Waals surface area (Å²) < 4.78 is 33.7. The monoisotopic (exact) mass is 379 g/mol. The van der Waals surface area contributed by atoms with Crippen LogP contribution in [0.1, 0.15) is 18.9 Å². The van der Waals surface area contributed by atoms with Crippen LogP contribution in [0.2, 0.25) is 0 Å². The summed E-state index contributed by atoms with van der Waals surface area (Å²) in [5.41, 5.74) is 0.610. The van der Waals surface area contributed by atoms with E-state index in [2.05, 4.69) is 16.8 Å². The first kappa shape index (κ1) is 18.4. The number of likely N-dealkylation sites (N-methyl/N-ethyl adjacent to an activating group) is 1. The molecule has 1 unspecified atom stereocenters. The SMILES string of the molecule is CCc1ccccc1S(=O)(=O)N1CC2(CC(N3CCN(C)CC3)CO2)C1. The lowest BCUT2D eigenvalue weighted by Crippen LogP contribution is -2.63. The van der Waals surface area contributed by atoms with Gasteiger partial charge in [-0.25, -0.2) is 8.42 Å². The van der Waals surface area contributed by atoms with Crippen molar-refractivity contribution in [2.75, 3.05) is 52.9 Å². The largest absolute Gasteiger partial charge is 0.371 e. The van der Waals surface area contributed by atoms with Crippen LogP contribution in [-0.2, 0) is 21.2 Å². The quantitative estimate of drug-likeness (QED) is 0.782. The average molecular weight is 380 g/mol. The van der Waals surface area contributed by atoms with Gasteiger partial charge in [-0.05, 0) is 31.5 Å². The molecule has 4 rings (SSSR count). The Labute approximate surface area is 156 Å². The van der Waals surface area contributed by atoms with E-state index in [0.29, 0.717) is 24.0 Å². The van der Waals surface area contributed by atoms with Gasteiger partial charge in [0.1, 0.15) is 0 Å². The Morgan fingerprint density at radius 3 is 2.54 bits per heavy atom. The van der Waals surface area contributed by atoms with Crippen molar-refractivity contribution in [3.05, 3.63) is 29.8 Å². The van der Waals surface area contributed by atoms with E-state index in [0.717, 1.165) is 51.2 Å². The van der Waals surface area contributed by atoms with Crippen LogP contribution in [0.15, 0.2) is 29.2 Å². The lowest BCUT2D eigenvalue weighted by molar-refractivity contribution is -0.0775. The zero-order chi connectivity index (χ0) is 18.4. The molecular formula is C19H29N3O3S. The Kier molecular flexibility index (Phi) is 4.86. The van der Waals surface area contributed by atoms with Gasteiger partial charge in [0.15, 0.2) is 0 Å². The van der Waals surface area contributed by atoms with Crippen LogP contribution in [0, 0.1) is 0 Å². The second-order valence-corrected chi connectivity index (χ2v) is 9.83. The summed E-state index contributed by atoms with van der Waals surface area (Å²) in [7, 11) is -1.27. The van der Waals surface area contributed by atoms with Crippen LogP contribution in [0.5, 0.6) is 0 Å². The number of piperazine rings is 1. The molecule has 3 fully saturated rings. The maximum absolute atomic E-state index is 13.0. The molecule has 0 bridgehead atoms. The summed E-state index contributed by atoms with van der Waals surface area (Å²) in [5, 5.41) is 0. The summed E-state index contributed by atoms with van der Waals surface area (Å²) in [4.78, 5) is 5.31. The van der Waals surface area contributed by atoms with Crippen LogP contribution >= 0.6 is 0 Å². The predicted octanol–water partition coefficient (Wildman–Crippen LogP) is 1.03. The van der Waals surface area contributed by atoms with Crippen molar-refractivity contribution in [3.63, 3.8) is 0 Å². The van der Waals surface area contributed by atoms with Gasteiger partial charge in [-0.2, -0.15) is 4.31 Å². The molecule has 1 spiro atoms. The smallest absolute Gasteiger partial charge is 0.243 e. The Morgan fingerprint density at radius 1 is 1.15 bits per heavy atom. The zero-order valence-electron chi connectivity index (χ0n) is 15.7. The summed E-state index contributed by atoms with van der Waals surface area (Å²) in [6.45, 7) is 8.03. The third-order valence-electron chi connectivity index (χ3n) is 6.14. The molecule has 144 valence electrons. The highest BCUT2D eigenvalue weighted by molar-refractivity contribution is 7.89. The highest BCUT2D eigenvalue weighted by Gasteiger charge is 2.54. The number of ether oxygens (including phenoxy) is 1. The molecule has 0 radical (unpaired) electrons. The maximum Gasteiger partial charge on any atom is 0.243 e. The minimum atomic E-state index is -3.43. The lowest BCUT2D eigenvalue weighted by Gasteiger charge is -2.46. The average Bonchev–Trinajstić information content (AvgIpc) is 3.07. The molecular weight excluding hydrogens is 350 g/mol. The van der Waals surface area contributed by atoms with Gasteiger partial charge in [0.05, 0.1) is 17.1 Å². The molecule has 1 aromatic carbocycles. The van der Waals surface area contributed by atoms with E-state index < -0.39 is 10.0 Å². The fourth-order valence-corrected chi connectivity index (χ4v) is 6.30. The van der Waals surface area contributed by atoms with Gasteiger partial charge in [0.2, 0.25) is 10.0 Å². The number of rotatable bonds is 4. The van der Waals surface area contributed by atoms with E-state index in [1.54, 1.807) is 16.4 Å². The van der Waals surface area contributed by atoms with Gasteiger partial charge >= 0.3 is 0 Å². The fraction of sp³-hybridized carbons (Fsp3) is 0.684. The van der Waals surface area contributed by atoms with Crippen LogP contribution in [0.3, 0.4) is 0 Å². The van der Waals surface area contributed by atoms with Gasteiger partial charge in [-0.1, -0.05) is 25.1 Å². The first-order valence-electron chi connectivity index (χ1n) is 9.58. The Morgan fingerprint density at radius 2 is 1.85 bits per heavy atom. The topological polar surface area (TPSA) is 53.1 Å². The van der Waals surface area contributed by atoms with Gasteiger partial charge in [-0.3, -0.25) is 4.90 Å². The van der Waals surface area contributed by atoms with Crippen molar-refractivity contribution in [2.24, 2.45) is 0 Å². The molecule has 7 heteroatoms. The first-order chi connectivity index (χ1) is 12.4. The second-order valence-electron chi connectivity index (χ2n) is 7.93. The highest BCUT2D eigenvalue weighted by atomic mass is 32.2. The van der Waals surface area contributed by atoms with Crippen LogP contribution in [-0.4, -0.2) is 87.1 Å². The normalized spacial score (nSPS) is 27.7. The van der Waals surface area contributed by atoms with E-state index >= 15 is 0 Å². The lowest BCUT2D eigenvalue weighted by atomic mass is 9.91. The number of aryl methyl sites for hydroxylation is 1. The summed E-state index contributed by atoms with van der Waals surface area (Å²) in [6.07, 6.45) is 1.66. The Hall–Kier alpha value is -0.990.